The minimum Gasteiger partial charge on any atom is -0.463 e. The highest BCUT2D eigenvalue weighted by Crippen LogP contribution is 1.98. The number of hydrogen-bond acceptors (Lipinski definition) is 1. The molecule has 0 radical (unpaired) electrons. The van der Waals surface area contributed by atoms with Crippen LogP contribution in [0, 0.1) is 0 Å². The largest absolute Gasteiger partial charge is 0.463 e. The summed E-state index contributed by atoms with van der Waals surface area (Å²) in [5.41, 5.74) is 1.36. The van der Waals surface area contributed by atoms with E-state index < -0.39 is 0 Å². The van der Waals surface area contributed by atoms with E-state index in [4.69, 9.17) is 4.42 Å². The van der Waals surface area contributed by atoms with E-state index in [1.165, 1.54) is 10.5 Å². The van der Waals surface area contributed by atoms with Crippen molar-refractivity contribution in [2.45, 2.75) is 13.1 Å². The Labute approximate surface area is 90.1 Å². The summed E-state index contributed by atoms with van der Waals surface area (Å²) in [7, 11) is 2.18. The van der Waals surface area contributed by atoms with Crippen molar-refractivity contribution in [2.24, 2.45) is 0 Å². The third-order valence-electron chi connectivity index (χ3n) is 2.40. The maximum Gasteiger partial charge on any atom is 0.157 e. The van der Waals surface area contributed by atoms with E-state index in [1.54, 1.807) is 6.26 Å². The summed E-state index contributed by atoms with van der Waals surface area (Å²) >= 11 is 0. The molecule has 0 spiro atoms. The molecule has 78 valence electrons. The highest BCUT2D eigenvalue weighted by atomic mass is 16.3. The average Bonchev–Trinajstić information content (AvgIpc) is 2.71. The van der Waals surface area contributed by atoms with Crippen molar-refractivity contribution in [1.82, 2.24) is 0 Å². The van der Waals surface area contributed by atoms with Gasteiger partial charge in [-0.25, -0.2) is 0 Å². The van der Waals surface area contributed by atoms with Gasteiger partial charge in [-0.3, -0.25) is 0 Å². The molecule has 0 fully saturated rings. The molecule has 0 saturated heterocycles. The zero-order chi connectivity index (χ0) is 10.5. The van der Waals surface area contributed by atoms with Gasteiger partial charge in [0.15, 0.2) is 5.76 Å². The van der Waals surface area contributed by atoms with Gasteiger partial charge >= 0.3 is 0 Å². The predicted molar refractivity (Wildman–Crippen MR) is 59.4 cm³/mol. The summed E-state index contributed by atoms with van der Waals surface area (Å²) in [6, 6.07) is 14.5. The molecule has 0 aliphatic carbocycles. The Balaban J connectivity index is 1.90. The van der Waals surface area contributed by atoms with Crippen molar-refractivity contribution in [3.63, 3.8) is 0 Å². The first-order valence-corrected chi connectivity index (χ1v) is 5.22. The molecule has 2 heteroatoms. The van der Waals surface area contributed by atoms with Crippen LogP contribution in [0.3, 0.4) is 0 Å². The first kappa shape index (κ1) is 9.99. The number of hydrogen-bond donors (Lipinski definition) is 1. The number of furan rings is 1. The lowest BCUT2D eigenvalue weighted by molar-refractivity contribution is -0.908. The Morgan fingerprint density at radius 2 is 1.80 bits per heavy atom. The van der Waals surface area contributed by atoms with Crippen LogP contribution in [0.25, 0.3) is 0 Å². The fourth-order valence-corrected chi connectivity index (χ4v) is 1.72. The van der Waals surface area contributed by atoms with Gasteiger partial charge in [0.1, 0.15) is 13.1 Å². The summed E-state index contributed by atoms with van der Waals surface area (Å²) in [4.78, 5) is 1.43. The number of nitrogens with one attached hydrogen (secondary N) is 1. The molecular weight excluding hydrogens is 186 g/mol. The second-order valence-electron chi connectivity index (χ2n) is 3.88. The summed E-state index contributed by atoms with van der Waals surface area (Å²) in [5.74, 6) is 1.04. The van der Waals surface area contributed by atoms with Crippen molar-refractivity contribution in [1.29, 1.82) is 0 Å². The summed E-state index contributed by atoms with van der Waals surface area (Å²) in [5, 5.41) is 0. The molecular formula is C13H16NO+. The van der Waals surface area contributed by atoms with Crippen LogP contribution in [0.1, 0.15) is 11.3 Å². The Hall–Kier alpha value is -1.54. The first-order chi connectivity index (χ1) is 7.34. The Kier molecular flexibility index (Phi) is 3.20. The molecule has 0 bridgehead atoms. The molecule has 2 nitrogen and oxygen atoms in total. The van der Waals surface area contributed by atoms with Crippen molar-refractivity contribution in [2.75, 3.05) is 7.05 Å². The van der Waals surface area contributed by atoms with Gasteiger partial charge in [-0.2, -0.15) is 0 Å². The van der Waals surface area contributed by atoms with Crippen LogP contribution in [0.5, 0.6) is 0 Å². The minimum atomic E-state index is 0.932. The molecule has 1 aromatic heterocycles. The molecule has 1 N–H and O–H groups in total. The van der Waals surface area contributed by atoms with Crippen molar-refractivity contribution in [3.8, 4) is 0 Å². The van der Waals surface area contributed by atoms with E-state index in [2.05, 4.69) is 31.3 Å². The van der Waals surface area contributed by atoms with Gasteiger partial charge in [0.2, 0.25) is 0 Å². The molecule has 2 aromatic rings. The van der Waals surface area contributed by atoms with Gasteiger partial charge in [0, 0.05) is 5.56 Å². The quantitative estimate of drug-likeness (QED) is 0.795. The van der Waals surface area contributed by atoms with Crippen LogP contribution in [0.4, 0.5) is 0 Å². The minimum absolute atomic E-state index is 0.932. The van der Waals surface area contributed by atoms with Crippen LogP contribution in [0.2, 0.25) is 0 Å². The van der Waals surface area contributed by atoms with Gasteiger partial charge in [-0.1, -0.05) is 30.3 Å². The number of quaternary nitrogens is 1. The summed E-state index contributed by atoms with van der Waals surface area (Å²) < 4.78 is 5.32. The van der Waals surface area contributed by atoms with E-state index in [1.807, 2.05) is 18.2 Å². The van der Waals surface area contributed by atoms with Crippen LogP contribution >= 0.6 is 0 Å². The van der Waals surface area contributed by atoms with Gasteiger partial charge in [0.05, 0.1) is 13.3 Å². The van der Waals surface area contributed by atoms with E-state index in [0.29, 0.717) is 0 Å². The van der Waals surface area contributed by atoms with Gasteiger partial charge in [-0.05, 0) is 12.1 Å². The fraction of sp³-hybridized carbons (Fsp3) is 0.231. The molecule has 1 heterocycles. The maximum absolute atomic E-state index is 5.32. The van der Waals surface area contributed by atoms with Crippen LogP contribution in [-0.2, 0) is 13.1 Å². The molecule has 1 unspecified atom stereocenters. The van der Waals surface area contributed by atoms with E-state index >= 15 is 0 Å². The third kappa shape index (κ3) is 2.96. The molecule has 0 saturated carbocycles. The lowest BCUT2D eigenvalue weighted by atomic mass is 10.2. The second-order valence-corrected chi connectivity index (χ2v) is 3.88. The SMILES string of the molecule is C[NH+](Cc1ccccc1)Cc1ccco1. The van der Waals surface area contributed by atoms with E-state index in [9.17, 15) is 0 Å². The van der Waals surface area contributed by atoms with Crippen molar-refractivity contribution < 1.29 is 9.32 Å². The lowest BCUT2D eigenvalue weighted by Gasteiger charge is -2.12. The number of benzene rings is 1. The Bertz CT molecular complexity index is 380. The Morgan fingerprint density at radius 1 is 1.00 bits per heavy atom. The molecule has 0 aliphatic heterocycles. The summed E-state index contributed by atoms with van der Waals surface area (Å²) in [6.45, 7) is 1.96. The number of rotatable bonds is 4. The Morgan fingerprint density at radius 3 is 2.47 bits per heavy atom. The molecule has 15 heavy (non-hydrogen) atoms. The van der Waals surface area contributed by atoms with Crippen LogP contribution in [-0.4, -0.2) is 7.05 Å². The molecule has 2 rings (SSSR count). The molecule has 0 aliphatic rings. The zero-order valence-electron chi connectivity index (χ0n) is 8.94. The third-order valence-corrected chi connectivity index (χ3v) is 2.40. The van der Waals surface area contributed by atoms with E-state index in [0.717, 1.165) is 18.8 Å². The first-order valence-electron chi connectivity index (χ1n) is 5.22. The highest BCUT2D eigenvalue weighted by Gasteiger charge is 2.06. The van der Waals surface area contributed by atoms with Crippen LogP contribution in [0.15, 0.2) is 53.1 Å². The topological polar surface area (TPSA) is 17.6 Å². The molecule has 0 amide bonds. The predicted octanol–water partition coefficient (Wildman–Crippen LogP) is 1.49. The fourth-order valence-electron chi connectivity index (χ4n) is 1.72. The normalized spacial score (nSPS) is 12.6. The zero-order valence-corrected chi connectivity index (χ0v) is 8.94. The standard InChI is InChI=1S/C13H15NO/c1-14(11-13-8-5-9-15-13)10-12-6-3-2-4-7-12/h2-9H,10-11H2,1H3/p+1. The second kappa shape index (κ2) is 4.80. The smallest absolute Gasteiger partial charge is 0.157 e. The highest BCUT2D eigenvalue weighted by molar-refractivity contribution is 5.13. The van der Waals surface area contributed by atoms with Crippen molar-refractivity contribution in [3.05, 3.63) is 60.1 Å². The lowest BCUT2D eigenvalue weighted by Crippen LogP contribution is -3.06. The summed E-state index contributed by atoms with van der Waals surface area (Å²) in [6.07, 6.45) is 1.73. The molecule has 1 atom stereocenters. The van der Waals surface area contributed by atoms with Gasteiger partial charge in [0.25, 0.3) is 0 Å². The molecule has 1 aromatic carbocycles. The average molecular weight is 202 g/mol. The van der Waals surface area contributed by atoms with E-state index in [-0.39, 0.29) is 0 Å². The van der Waals surface area contributed by atoms with Crippen molar-refractivity contribution >= 4 is 0 Å². The van der Waals surface area contributed by atoms with Gasteiger partial charge < -0.3 is 9.32 Å². The monoisotopic (exact) mass is 202 g/mol. The van der Waals surface area contributed by atoms with Gasteiger partial charge in [-0.15, -0.1) is 0 Å². The maximum atomic E-state index is 5.32. The van der Waals surface area contributed by atoms with Crippen LogP contribution < -0.4 is 4.90 Å².